The molecule has 1 aromatic carbocycles. The second kappa shape index (κ2) is 6.93. The van der Waals surface area contributed by atoms with Crippen molar-refractivity contribution in [3.05, 3.63) is 57.2 Å². The van der Waals surface area contributed by atoms with Gasteiger partial charge < -0.3 is 5.11 Å². The lowest BCUT2D eigenvalue weighted by Crippen LogP contribution is -2.27. The molecule has 112 valence electrons. The molecule has 4 heteroatoms. The van der Waals surface area contributed by atoms with Crippen LogP contribution in [0.25, 0.3) is 0 Å². The zero-order chi connectivity index (χ0) is 14.7. The Morgan fingerprint density at radius 3 is 2.86 bits per heavy atom. The van der Waals surface area contributed by atoms with Crippen LogP contribution in [0.2, 0.25) is 5.02 Å². The van der Waals surface area contributed by atoms with Crippen LogP contribution in [0.1, 0.15) is 36.5 Å². The van der Waals surface area contributed by atoms with Gasteiger partial charge >= 0.3 is 0 Å². The van der Waals surface area contributed by atoms with Crippen molar-refractivity contribution in [1.82, 2.24) is 4.90 Å². The molecule has 1 N–H and O–H groups in total. The first-order valence-corrected chi connectivity index (χ1v) is 8.73. The van der Waals surface area contributed by atoms with Crippen molar-refractivity contribution in [2.45, 2.75) is 38.0 Å². The molecule has 3 rings (SSSR count). The monoisotopic (exact) mass is 321 g/mol. The van der Waals surface area contributed by atoms with Crippen molar-refractivity contribution in [3.63, 3.8) is 0 Å². The third kappa shape index (κ3) is 4.30. The van der Waals surface area contributed by atoms with Crippen LogP contribution in [-0.2, 0) is 6.54 Å². The maximum atomic E-state index is 10.3. The number of thiophene rings is 1. The van der Waals surface area contributed by atoms with E-state index in [1.165, 1.54) is 18.4 Å². The van der Waals surface area contributed by atoms with Crippen LogP contribution >= 0.6 is 22.9 Å². The van der Waals surface area contributed by atoms with Gasteiger partial charge in [0.15, 0.2) is 0 Å². The van der Waals surface area contributed by atoms with E-state index in [0.29, 0.717) is 11.1 Å². The summed E-state index contributed by atoms with van der Waals surface area (Å²) >= 11 is 7.73. The fraction of sp³-hybridized carbons (Fsp3) is 0.412. The number of rotatable bonds is 7. The average Bonchev–Trinajstić information content (AvgIpc) is 3.20. The molecule has 0 spiro atoms. The maximum Gasteiger partial charge on any atom is 0.0802 e. The van der Waals surface area contributed by atoms with E-state index < -0.39 is 6.10 Å². The second-order valence-electron chi connectivity index (χ2n) is 5.69. The summed E-state index contributed by atoms with van der Waals surface area (Å²) in [5.74, 6) is 0. The third-order valence-electron chi connectivity index (χ3n) is 3.95. The predicted molar refractivity (Wildman–Crippen MR) is 88.8 cm³/mol. The highest BCUT2D eigenvalue weighted by Crippen LogP contribution is 2.30. The Bertz CT molecular complexity index is 568. The largest absolute Gasteiger partial charge is 0.388 e. The number of aliphatic hydroxyl groups is 1. The molecule has 1 aliphatic carbocycles. The Hall–Kier alpha value is -0.870. The second-order valence-corrected chi connectivity index (χ2v) is 6.91. The van der Waals surface area contributed by atoms with Crippen molar-refractivity contribution in [3.8, 4) is 0 Å². The smallest absolute Gasteiger partial charge is 0.0802 e. The summed E-state index contributed by atoms with van der Waals surface area (Å²) in [6.07, 6.45) is 2.89. The van der Waals surface area contributed by atoms with Crippen LogP contribution in [0.5, 0.6) is 0 Å². The van der Waals surface area contributed by atoms with Crippen LogP contribution in [0.4, 0.5) is 0 Å². The lowest BCUT2D eigenvalue weighted by atomic mass is 10.1. The molecule has 0 radical (unpaired) electrons. The summed E-state index contributed by atoms with van der Waals surface area (Å²) in [6.45, 7) is 1.92. The van der Waals surface area contributed by atoms with Gasteiger partial charge in [0, 0.05) is 24.2 Å². The standard InChI is InChI=1S/C17H20ClNOS/c18-15-3-1-2-14(10-15)17(20)6-8-19(16-4-5-16)11-13-7-9-21-12-13/h1-3,7,9-10,12,16-17,20H,4-6,8,11H2. The number of hydrogen-bond acceptors (Lipinski definition) is 3. The molecule has 2 aromatic rings. The molecule has 0 amide bonds. The third-order valence-corrected chi connectivity index (χ3v) is 4.92. The number of hydrogen-bond donors (Lipinski definition) is 1. The first kappa shape index (κ1) is 15.0. The lowest BCUT2D eigenvalue weighted by Gasteiger charge is -2.23. The van der Waals surface area contributed by atoms with Crippen LogP contribution < -0.4 is 0 Å². The van der Waals surface area contributed by atoms with Gasteiger partial charge in [-0.3, -0.25) is 4.90 Å². The summed E-state index contributed by atoms with van der Waals surface area (Å²) < 4.78 is 0. The first-order valence-electron chi connectivity index (χ1n) is 7.41. The highest BCUT2D eigenvalue weighted by Gasteiger charge is 2.29. The number of nitrogens with zero attached hydrogens (tertiary/aromatic N) is 1. The zero-order valence-electron chi connectivity index (χ0n) is 11.9. The number of halogens is 1. The normalized spacial score (nSPS) is 16.3. The molecule has 1 heterocycles. The minimum Gasteiger partial charge on any atom is -0.388 e. The van der Waals surface area contributed by atoms with Gasteiger partial charge in [0.25, 0.3) is 0 Å². The fourth-order valence-electron chi connectivity index (χ4n) is 2.62. The quantitative estimate of drug-likeness (QED) is 0.812. The molecule has 1 atom stereocenters. The summed E-state index contributed by atoms with van der Waals surface area (Å²) in [5, 5.41) is 15.4. The van der Waals surface area contributed by atoms with Crippen LogP contribution in [0, 0.1) is 0 Å². The van der Waals surface area contributed by atoms with Gasteiger partial charge in [-0.15, -0.1) is 0 Å². The lowest BCUT2D eigenvalue weighted by molar-refractivity contribution is 0.137. The van der Waals surface area contributed by atoms with E-state index in [-0.39, 0.29) is 0 Å². The Balaban J connectivity index is 1.56. The first-order chi connectivity index (χ1) is 10.2. The summed E-state index contributed by atoms with van der Waals surface area (Å²) in [6, 6.07) is 10.4. The van der Waals surface area contributed by atoms with E-state index in [1.807, 2.05) is 24.3 Å². The molecular formula is C17H20ClNOS. The van der Waals surface area contributed by atoms with Gasteiger partial charge in [-0.2, -0.15) is 11.3 Å². The predicted octanol–water partition coefficient (Wildman–Crippen LogP) is 4.49. The number of aliphatic hydroxyl groups excluding tert-OH is 1. The molecule has 1 aliphatic rings. The molecule has 1 saturated carbocycles. The van der Waals surface area contributed by atoms with E-state index >= 15 is 0 Å². The minimum atomic E-state index is -0.438. The van der Waals surface area contributed by atoms with E-state index in [0.717, 1.165) is 25.1 Å². The molecule has 2 nitrogen and oxygen atoms in total. The molecule has 0 bridgehead atoms. The summed E-state index contributed by atoms with van der Waals surface area (Å²) in [4.78, 5) is 2.50. The highest BCUT2D eigenvalue weighted by atomic mass is 35.5. The van der Waals surface area contributed by atoms with Crippen LogP contribution in [0.15, 0.2) is 41.1 Å². The van der Waals surface area contributed by atoms with Gasteiger partial charge in [0.05, 0.1) is 6.10 Å². The molecule has 21 heavy (non-hydrogen) atoms. The molecule has 1 unspecified atom stereocenters. The average molecular weight is 322 g/mol. The Kier molecular flexibility index (Phi) is 4.96. The van der Waals surface area contributed by atoms with Crippen molar-refractivity contribution in [2.75, 3.05) is 6.54 Å². The molecule has 1 fully saturated rings. The summed E-state index contributed by atoms with van der Waals surface area (Å²) in [5.41, 5.74) is 2.29. The van der Waals surface area contributed by atoms with E-state index in [2.05, 4.69) is 21.7 Å². The summed E-state index contributed by atoms with van der Waals surface area (Å²) in [7, 11) is 0. The van der Waals surface area contributed by atoms with Gasteiger partial charge in [-0.1, -0.05) is 23.7 Å². The minimum absolute atomic E-state index is 0.438. The van der Waals surface area contributed by atoms with Crippen LogP contribution in [0.3, 0.4) is 0 Å². The Morgan fingerprint density at radius 1 is 1.33 bits per heavy atom. The topological polar surface area (TPSA) is 23.5 Å². The van der Waals surface area contributed by atoms with Crippen molar-refractivity contribution >= 4 is 22.9 Å². The van der Waals surface area contributed by atoms with E-state index in [9.17, 15) is 5.11 Å². The molecule has 0 saturated heterocycles. The van der Waals surface area contributed by atoms with Crippen molar-refractivity contribution in [2.24, 2.45) is 0 Å². The Morgan fingerprint density at radius 2 is 2.19 bits per heavy atom. The SMILES string of the molecule is OC(CCN(Cc1ccsc1)C1CC1)c1cccc(Cl)c1. The van der Waals surface area contributed by atoms with Gasteiger partial charge in [-0.25, -0.2) is 0 Å². The molecular weight excluding hydrogens is 302 g/mol. The number of benzene rings is 1. The van der Waals surface area contributed by atoms with Gasteiger partial charge in [-0.05, 0) is 59.3 Å². The van der Waals surface area contributed by atoms with E-state index in [4.69, 9.17) is 11.6 Å². The van der Waals surface area contributed by atoms with Gasteiger partial charge in [0.1, 0.15) is 0 Å². The maximum absolute atomic E-state index is 10.3. The highest BCUT2D eigenvalue weighted by molar-refractivity contribution is 7.07. The van der Waals surface area contributed by atoms with Gasteiger partial charge in [0.2, 0.25) is 0 Å². The van der Waals surface area contributed by atoms with Crippen molar-refractivity contribution in [1.29, 1.82) is 0 Å². The van der Waals surface area contributed by atoms with Crippen LogP contribution in [-0.4, -0.2) is 22.6 Å². The van der Waals surface area contributed by atoms with E-state index in [1.54, 1.807) is 11.3 Å². The fourth-order valence-corrected chi connectivity index (χ4v) is 3.47. The zero-order valence-corrected chi connectivity index (χ0v) is 13.5. The Labute approximate surface area is 135 Å². The van der Waals surface area contributed by atoms with Crippen molar-refractivity contribution < 1.29 is 5.11 Å². The molecule has 0 aliphatic heterocycles. The molecule has 1 aromatic heterocycles.